The molecule has 0 fully saturated rings. The second-order valence-electron chi connectivity index (χ2n) is 3.26. The Morgan fingerprint density at radius 1 is 1.25 bits per heavy atom. The van der Waals surface area contributed by atoms with Crippen molar-refractivity contribution in [2.24, 2.45) is 0 Å². The Labute approximate surface area is 95.4 Å². The first-order valence-electron chi connectivity index (χ1n) is 4.54. The van der Waals surface area contributed by atoms with E-state index >= 15 is 0 Å². The second kappa shape index (κ2) is 4.17. The Morgan fingerprint density at radius 2 is 1.88 bits per heavy atom. The second-order valence-corrected chi connectivity index (χ2v) is 4.31. The molecule has 2 aromatic rings. The Balaban J connectivity index is 2.39. The first-order valence-corrected chi connectivity index (χ1v) is 5.36. The SMILES string of the molecule is Cc1occc1Sc1c(F)cc(N)cc1F. The highest BCUT2D eigenvalue weighted by molar-refractivity contribution is 7.99. The van der Waals surface area contributed by atoms with Crippen LogP contribution < -0.4 is 5.73 Å². The van der Waals surface area contributed by atoms with Crippen molar-refractivity contribution in [3.05, 3.63) is 41.9 Å². The van der Waals surface area contributed by atoms with E-state index in [2.05, 4.69) is 0 Å². The maximum absolute atomic E-state index is 13.5. The average molecular weight is 241 g/mol. The third-order valence-corrected chi connectivity index (χ3v) is 3.28. The van der Waals surface area contributed by atoms with E-state index in [4.69, 9.17) is 10.2 Å². The van der Waals surface area contributed by atoms with Crippen LogP contribution in [0.5, 0.6) is 0 Å². The third-order valence-electron chi connectivity index (χ3n) is 2.04. The number of hydrogen-bond donors (Lipinski definition) is 1. The molecule has 1 aromatic carbocycles. The Kier molecular flexibility index (Phi) is 2.87. The summed E-state index contributed by atoms with van der Waals surface area (Å²) >= 11 is 0.984. The van der Waals surface area contributed by atoms with Crippen LogP contribution in [0.2, 0.25) is 0 Å². The number of nitrogen functional groups attached to an aromatic ring is 1. The summed E-state index contributed by atoms with van der Waals surface area (Å²) in [7, 11) is 0. The van der Waals surface area contributed by atoms with Gasteiger partial charge in [-0.15, -0.1) is 0 Å². The molecule has 16 heavy (non-hydrogen) atoms. The lowest BCUT2D eigenvalue weighted by Crippen LogP contribution is -1.92. The van der Waals surface area contributed by atoms with Crippen molar-refractivity contribution in [1.29, 1.82) is 0 Å². The smallest absolute Gasteiger partial charge is 0.142 e. The first-order chi connectivity index (χ1) is 7.58. The monoisotopic (exact) mass is 241 g/mol. The van der Waals surface area contributed by atoms with Gasteiger partial charge in [-0.05, 0) is 25.1 Å². The fourth-order valence-electron chi connectivity index (χ4n) is 1.27. The van der Waals surface area contributed by atoms with Crippen molar-refractivity contribution in [1.82, 2.24) is 0 Å². The van der Waals surface area contributed by atoms with Crippen molar-refractivity contribution in [2.75, 3.05) is 5.73 Å². The van der Waals surface area contributed by atoms with Gasteiger partial charge < -0.3 is 10.2 Å². The summed E-state index contributed by atoms with van der Waals surface area (Å²) in [6.07, 6.45) is 1.48. The lowest BCUT2D eigenvalue weighted by molar-refractivity contribution is 0.526. The Hall–Kier alpha value is -1.49. The Morgan fingerprint density at radius 3 is 2.38 bits per heavy atom. The standard InChI is InChI=1S/C11H9F2NOS/c1-6-10(2-3-15-6)16-11-8(12)4-7(14)5-9(11)13/h2-5H,14H2,1H3. The number of halogens is 2. The quantitative estimate of drug-likeness (QED) is 0.816. The highest BCUT2D eigenvalue weighted by Gasteiger charge is 2.14. The number of aryl methyl sites for hydroxylation is 1. The summed E-state index contributed by atoms with van der Waals surface area (Å²) in [5.74, 6) is -0.702. The molecule has 0 radical (unpaired) electrons. The van der Waals surface area contributed by atoms with E-state index < -0.39 is 11.6 Å². The minimum Gasteiger partial charge on any atom is -0.468 e. The maximum Gasteiger partial charge on any atom is 0.142 e. The van der Waals surface area contributed by atoms with E-state index in [9.17, 15) is 8.78 Å². The largest absolute Gasteiger partial charge is 0.468 e. The van der Waals surface area contributed by atoms with Crippen molar-refractivity contribution in [3.8, 4) is 0 Å². The van der Waals surface area contributed by atoms with Crippen LogP contribution >= 0.6 is 11.8 Å². The van der Waals surface area contributed by atoms with Gasteiger partial charge in [0, 0.05) is 5.69 Å². The van der Waals surface area contributed by atoms with Crippen LogP contribution in [0.3, 0.4) is 0 Å². The molecule has 0 aliphatic rings. The number of furan rings is 1. The number of nitrogens with two attached hydrogens (primary N) is 1. The van der Waals surface area contributed by atoms with Gasteiger partial charge in [-0.2, -0.15) is 0 Å². The van der Waals surface area contributed by atoms with Gasteiger partial charge in [0.1, 0.15) is 17.4 Å². The average Bonchev–Trinajstić information content (AvgIpc) is 2.57. The molecular formula is C11H9F2NOS. The summed E-state index contributed by atoms with van der Waals surface area (Å²) in [6.45, 7) is 1.73. The molecular weight excluding hydrogens is 232 g/mol. The van der Waals surface area contributed by atoms with Gasteiger partial charge in [0.15, 0.2) is 0 Å². The van der Waals surface area contributed by atoms with E-state index in [0.29, 0.717) is 10.7 Å². The fraction of sp³-hybridized carbons (Fsp3) is 0.0909. The van der Waals surface area contributed by atoms with E-state index in [-0.39, 0.29) is 10.6 Å². The molecule has 0 spiro atoms. The molecule has 1 aromatic heterocycles. The summed E-state index contributed by atoms with van der Waals surface area (Å²) in [4.78, 5) is 0.612. The summed E-state index contributed by atoms with van der Waals surface area (Å²) in [5, 5.41) is 0. The lowest BCUT2D eigenvalue weighted by atomic mass is 10.3. The lowest BCUT2D eigenvalue weighted by Gasteiger charge is -2.04. The Bertz CT molecular complexity index is 501. The van der Waals surface area contributed by atoms with Crippen LogP contribution in [0.4, 0.5) is 14.5 Å². The molecule has 5 heteroatoms. The van der Waals surface area contributed by atoms with Gasteiger partial charge in [0.25, 0.3) is 0 Å². The van der Waals surface area contributed by atoms with Crippen molar-refractivity contribution in [3.63, 3.8) is 0 Å². The number of benzene rings is 1. The van der Waals surface area contributed by atoms with Crippen molar-refractivity contribution < 1.29 is 13.2 Å². The van der Waals surface area contributed by atoms with Crippen LogP contribution in [0, 0.1) is 18.6 Å². The summed E-state index contributed by atoms with van der Waals surface area (Å²) < 4.78 is 32.0. The summed E-state index contributed by atoms with van der Waals surface area (Å²) in [5.41, 5.74) is 5.40. The van der Waals surface area contributed by atoms with Crippen LogP contribution in [0.15, 0.2) is 38.7 Å². The highest BCUT2D eigenvalue weighted by atomic mass is 32.2. The predicted molar refractivity (Wildman–Crippen MR) is 58.3 cm³/mol. The van der Waals surface area contributed by atoms with E-state index in [1.54, 1.807) is 13.0 Å². The van der Waals surface area contributed by atoms with E-state index in [1.807, 2.05) is 0 Å². The van der Waals surface area contributed by atoms with E-state index in [1.165, 1.54) is 6.26 Å². The molecule has 0 bridgehead atoms. The zero-order chi connectivity index (χ0) is 11.7. The molecule has 0 atom stereocenters. The number of hydrogen-bond acceptors (Lipinski definition) is 3. The molecule has 84 valence electrons. The van der Waals surface area contributed by atoms with Crippen LogP contribution in [-0.2, 0) is 0 Å². The van der Waals surface area contributed by atoms with Gasteiger partial charge in [-0.25, -0.2) is 8.78 Å². The first kappa shape index (κ1) is 11.0. The van der Waals surface area contributed by atoms with Gasteiger partial charge in [-0.3, -0.25) is 0 Å². The molecule has 0 saturated heterocycles. The normalized spacial score (nSPS) is 10.7. The molecule has 2 nitrogen and oxygen atoms in total. The van der Waals surface area contributed by atoms with Crippen LogP contribution in [0.25, 0.3) is 0 Å². The van der Waals surface area contributed by atoms with E-state index in [0.717, 1.165) is 23.9 Å². The zero-order valence-corrected chi connectivity index (χ0v) is 9.28. The maximum atomic E-state index is 13.5. The van der Waals surface area contributed by atoms with Crippen LogP contribution in [-0.4, -0.2) is 0 Å². The number of rotatable bonds is 2. The van der Waals surface area contributed by atoms with Crippen molar-refractivity contribution >= 4 is 17.4 Å². The topological polar surface area (TPSA) is 39.2 Å². The van der Waals surface area contributed by atoms with Gasteiger partial charge in [0.2, 0.25) is 0 Å². The number of anilines is 1. The minimum absolute atomic E-state index is 0.0706. The van der Waals surface area contributed by atoms with Gasteiger partial charge in [0.05, 0.1) is 16.1 Å². The molecule has 0 saturated carbocycles. The molecule has 2 N–H and O–H groups in total. The molecule has 0 amide bonds. The highest BCUT2D eigenvalue weighted by Crippen LogP contribution is 2.35. The molecule has 0 aliphatic carbocycles. The third kappa shape index (κ3) is 2.04. The molecule has 0 unspecified atom stereocenters. The van der Waals surface area contributed by atoms with Crippen LogP contribution in [0.1, 0.15) is 5.76 Å². The zero-order valence-electron chi connectivity index (χ0n) is 8.46. The molecule has 2 rings (SSSR count). The molecule has 0 aliphatic heterocycles. The molecule has 1 heterocycles. The van der Waals surface area contributed by atoms with Crippen molar-refractivity contribution in [2.45, 2.75) is 16.7 Å². The van der Waals surface area contributed by atoms with Gasteiger partial charge in [-0.1, -0.05) is 11.8 Å². The minimum atomic E-state index is -0.664. The predicted octanol–water partition coefficient (Wildman–Crippen LogP) is 3.60. The summed E-state index contributed by atoms with van der Waals surface area (Å²) in [6, 6.07) is 3.86. The fourth-order valence-corrected chi connectivity index (χ4v) is 2.11. The van der Waals surface area contributed by atoms with Gasteiger partial charge >= 0.3 is 0 Å².